The Bertz CT molecular complexity index is 846. The number of aryl methyl sites for hydroxylation is 3. The Labute approximate surface area is 156 Å². The van der Waals surface area contributed by atoms with Crippen LogP contribution in [-0.2, 0) is 21.2 Å². The number of hydrogen-bond donors (Lipinski definition) is 1. The Hall–Kier alpha value is -2.34. The Morgan fingerprint density at radius 1 is 1.04 bits per heavy atom. The van der Waals surface area contributed by atoms with Crippen LogP contribution in [0.2, 0.25) is 0 Å². The minimum absolute atomic E-state index is 0.214. The van der Waals surface area contributed by atoms with E-state index in [2.05, 4.69) is 29.6 Å². The molecule has 2 aromatic rings. The molecule has 0 saturated carbocycles. The summed E-state index contributed by atoms with van der Waals surface area (Å²) < 4.78 is 25.4. The van der Waals surface area contributed by atoms with E-state index in [0.29, 0.717) is 12.2 Å². The third kappa shape index (κ3) is 5.88. The van der Waals surface area contributed by atoms with Gasteiger partial charge in [-0.25, -0.2) is 8.42 Å². The highest BCUT2D eigenvalue weighted by atomic mass is 32.2. The molecular weight excluding hydrogens is 348 g/mol. The molecule has 0 spiro atoms. The summed E-state index contributed by atoms with van der Waals surface area (Å²) in [6.45, 7) is 4.17. The van der Waals surface area contributed by atoms with Crippen LogP contribution in [0.3, 0.4) is 0 Å². The quantitative estimate of drug-likeness (QED) is 0.723. The van der Waals surface area contributed by atoms with Gasteiger partial charge in [0.1, 0.15) is 6.54 Å². The molecular formula is C20H26N2O3S. The maximum atomic E-state index is 12.2. The van der Waals surface area contributed by atoms with E-state index < -0.39 is 10.0 Å². The van der Waals surface area contributed by atoms with Crippen LogP contribution in [0.5, 0.6) is 0 Å². The molecule has 2 aromatic carbocycles. The van der Waals surface area contributed by atoms with Gasteiger partial charge in [-0.2, -0.15) is 0 Å². The lowest BCUT2D eigenvalue weighted by molar-refractivity contribution is -0.119. The zero-order chi connectivity index (χ0) is 19.2. The van der Waals surface area contributed by atoms with Crippen molar-refractivity contribution < 1.29 is 13.2 Å². The number of amides is 1. The molecule has 0 fully saturated rings. The smallest absolute Gasteiger partial charge is 0.240 e. The standard InChI is InChI=1S/C20H26N2O3S/c1-16-10-12-18(13-11-16)8-6-14-21-20(23)15-22(26(3,24)25)19-9-5-4-7-17(19)2/h4-5,7,9-13H,6,8,14-15H2,1-3H3,(H,21,23). The molecule has 1 amide bonds. The van der Waals surface area contributed by atoms with Gasteiger partial charge < -0.3 is 5.32 Å². The highest BCUT2D eigenvalue weighted by Crippen LogP contribution is 2.21. The van der Waals surface area contributed by atoms with Crippen molar-refractivity contribution >= 4 is 21.6 Å². The molecule has 0 bridgehead atoms. The van der Waals surface area contributed by atoms with Crippen LogP contribution in [0.15, 0.2) is 48.5 Å². The largest absolute Gasteiger partial charge is 0.355 e. The minimum Gasteiger partial charge on any atom is -0.355 e. The van der Waals surface area contributed by atoms with Gasteiger partial charge in [-0.05, 0) is 43.9 Å². The van der Waals surface area contributed by atoms with E-state index in [1.165, 1.54) is 11.1 Å². The molecule has 0 radical (unpaired) electrons. The van der Waals surface area contributed by atoms with E-state index >= 15 is 0 Å². The normalized spacial score (nSPS) is 11.2. The first-order chi connectivity index (χ1) is 12.3. The first-order valence-corrected chi connectivity index (χ1v) is 10.5. The average molecular weight is 375 g/mol. The van der Waals surface area contributed by atoms with E-state index in [0.717, 1.165) is 29.0 Å². The number of carbonyl (C=O) groups is 1. The van der Waals surface area contributed by atoms with Gasteiger partial charge >= 0.3 is 0 Å². The lowest BCUT2D eigenvalue weighted by atomic mass is 10.1. The molecule has 0 aliphatic carbocycles. The lowest BCUT2D eigenvalue weighted by Gasteiger charge is -2.23. The van der Waals surface area contributed by atoms with Gasteiger partial charge in [0, 0.05) is 6.54 Å². The first-order valence-electron chi connectivity index (χ1n) is 8.63. The number of rotatable bonds is 8. The summed E-state index contributed by atoms with van der Waals surface area (Å²) in [6.07, 6.45) is 2.79. The van der Waals surface area contributed by atoms with Crippen molar-refractivity contribution in [3.8, 4) is 0 Å². The van der Waals surface area contributed by atoms with Crippen LogP contribution in [0.4, 0.5) is 5.69 Å². The van der Waals surface area contributed by atoms with Gasteiger partial charge in [-0.1, -0.05) is 48.0 Å². The molecule has 0 aliphatic rings. The fourth-order valence-electron chi connectivity index (χ4n) is 2.69. The van der Waals surface area contributed by atoms with Crippen molar-refractivity contribution in [2.75, 3.05) is 23.7 Å². The van der Waals surface area contributed by atoms with E-state index in [4.69, 9.17) is 0 Å². The summed E-state index contributed by atoms with van der Waals surface area (Å²) in [7, 11) is -3.54. The SMILES string of the molecule is Cc1ccc(CCCNC(=O)CN(c2ccccc2C)S(C)(=O)=O)cc1. The Morgan fingerprint density at radius 2 is 1.69 bits per heavy atom. The van der Waals surface area contributed by atoms with E-state index in [9.17, 15) is 13.2 Å². The lowest BCUT2D eigenvalue weighted by Crippen LogP contribution is -2.41. The highest BCUT2D eigenvalue weighted by Gasteiger charge is 2.21. The van der Waals surface area contributed by atoms with E-state index in [-0.39, 0.29) is 12.5 Å². The molecule has 6 heteroatoms. The van der Waals surface area contributed by atoms with Crippen molar-refractivity contribution in [1.29, 1.82) is 0 Å². The van der Waals surface area contributed by atoms with Gasteiger partial charge in [0.15, 0.2) is 0 Å². The molecule has 0 unspecified atom stereocenters. The maximum Gasteiger partial charge on any atom is 0.240 e. The number of nitrogens with one attached hydrogen (secondary N) is 1. The number of benzene rings is 2. The predicted molar refractivity (Wildman–Crippen MR) is 106 cm³/mol. The Balaban J connectivity index is 1.89. The number of sulfonamides is 1. The van der Waals surface area contributed by atoms with Crippen molar-refractivity contribution in [3.63, 3.8) is 0 Å². The van der Waals surface area contributed by atoms with E-state index in [1.807, 2.05) is 26.0 Å². The molecule has 1 N–H and O–H groups in total. The molecule has 26 heavy (non-hydrogen) atoms. The third-order valence-electron chi connectivity index (χ3n) is 4.16. The summed E-state index contributed by atoms with van der Waals surface area (Å²) in [5.74, 6) is -0.303. The van der Waals surface area contributed by atoms with Crippen LogP contribution in [0, 0.1) is 13.8 Å². The van der Waals surface area contributed by atoms with Crippen molar-refractivity contribution in [3.05, 3.63) is 65.2 Å². The van der Waals surface area contributed by atoms with Gasteiger partial charge in [-0.15, -0.1) is 0 Å². The van der Waals surface area contributed by atoms with Crippen molar-refractivity contribution in [2.24, 2.45) is 0 Å². The molecule has 0 atom stereocenters. The Kier molecular flexibility index (Phi) is 6.80. The molecule has 5 nitrogen and oxygen atoms in total. The fraction of sp³-hybridized carbons (Fsp3) is 0.350. The molecule has 140 valence electrons. The van der Waals surface area contributed by atoms with Crippen LogP contribution in [0.1, 0.15) is 23.1 Å². The first kappa shape index (κ1) is 20.0. The number of carbonyl (C=O) groups excluding carboxylic acids is 1. The minimum atomic E-state index is -3.54. The number of nitrogens with zero attached hydrogens (tertiary/aromatic N) is 1. The summed E-state index contributed by atoms with van der Waals surface area (Å²) in [6, 6.07) is 15.4. The molecule has 0 heterocycles. The highest BCUT2D eigenvalue weighted by molar-refractivity contribution is 7.92. The number of para-hydroxylation sites is 1. The molecule has 0 aromatic heterocycles. The summed E-state index contributed by atoms with van der Waals surface area (Å²) in [5, 5.41) is 2.81. The van der Waals surface area contributed by atoms with Crippen LogP contribution >= 0.6 is 0 Å². The van der Waals surface area contributed by atoms with E-state index in [1.54, 1.807) is 12.1 Å². The van der Waals surface area contributed by atoms with Gasteiger partial charge in [-0.3, -0.25) is 9.10 Å². The molecule has 2 rings (SSSR count). The zero-order valence-corrected chi connectivity index (χ0v) is 16.3. The molecule has 0 saturated heterocycles. The predicted octanol–water partition coefficient (Wildman–Crippen LogP) is 2.82. The fourth-order valence-corrected chi connectivity index (χ4v) is 3.60. The summed E-state index contributed by atoms with van der Waals surface area (Å²) in [4.78, 5) is 12.2. The maximum absolute atomic E-state index is 12.2. The van der Waals surface area contributed by atoms with Gasteiger partial charge in [0.25, 0.3) is 0 Å². The zero-order valence-electron chi connectivity index (χ0n) is 15.5. The van der Waals surface area contributed by atoms with Crippen molar-refractivity contribution in [1.82, 2.24) is 5.32 Å². The van der Waals surface area contributed by atoms with Crippen LogP contribution in [0.25, 0.3) is 0 Å². The summed E-state index contributed by atoms with van der Waals surface area (Å²) >= 11 is 0. The Morgan fingerprint density at radius 3 is 2.31 bits per heavy atom. The van der Waals surface area contributed by atoms with Gasteiger partial charge in [0.05, 0.1) is 11.9 Å². The van der Waals surface area contributed by atoms with Crippen LogP contribution in [-0.4, -0.2) is 33.7 Å². The topological polar surface area (TPSA) is 66.5 Å². The number of anilines is 1. The van der Waals surface area contributed by atoms with Gasteiger partial charge in [0.2, 0.25) is 15.9 Å². The average Bonchev–Trinajstić information content (AvgIpc) is 2.58. The second-order valence-corrected chi connectivity index (χ2v) is 8.40. The third-order valence-corrected chi connectivity index (χ3v) is 5.28. The molecule has 0 aliphatic heterocycles. The summed E-state index contributed by atoms with van der Waals surface area (Å²) in [5.41, 5.74) is 3.79. The second-order valence-electron chi connectivity index (χ2n) is 6.50. The van der Waals surface area contributed by atoms with Crippen molar-refractivity contribution in [2.45, 2.75) is 26.7 Å². The second kappa shape index (κ2) is 8.85. The monoisotopic (exact) mass is 374 g/mol. The van der Waals surface area contributed by atoms with Crippen LogP contribution < -0.4 is 9.62 Å². The number of hydrogen-bond acceptors (Lipinski definition) is 3.